The van der Waals surface area contributed by atoms with Crippen LogP contribution < -0.4 is 9.47 Å². The van der Waals surface area contributed by atoms with Gasteiger partial charge in [-0.05, 0) is 68.2 Å². The molecule has 0 spiro atoms. The SMILES string of the molecule is C=C[C@@H]1C[C@]1(CC(=O)[C@@H]1C[C@@H](Oc2cc(-c3ccccc3)nc3cc(OC)ccc23)CN1C(=O)[C@@H](CC(=O)OC1CCCC1)C(C)(C)C)P(=O)(O)C#CC. The fraction of sp³-hybridized carbons (Fsp3) is 0.488. The van der Waals surface area contributed by atoms with E-state index in [1.807, 2.05) is 75.4 Å². The molecule has 1 unspecified atom stereocenters. The number of Topliss-reactive ketones (excluding diaryl/α,β-unsaturated/α-hetero) is 1. The smallest absolute Gasteiger partial charge is 0.306 e. The largest absolute Gasteiger partial charge is 0.497 e. The number of likely N-dealkylation sites (tertiary alicyclic amines) is 1. The van der Waals surface area contributed by atoms with Crippen LogP contribution in [0.4, 0.5) is 0 Å². The van der Waals surface area contributed by atoms with E-state index in [0.717, 1.165) is 36.6 Å². The van der Waals surface area contributed by atoms with Crippen molar-refractivity contribution in [2.45, 2.75) is 102 Å². The molecule has 1 aliphatic heterocycles. The highest BCUT2D eigenvalue weighted by Crippen LogP contribution is 2.72. The minimum atomic E-state index is -4.08. The lowest BCUT2D eigenvalue weighted by Gasteiger charge is -2.35. The number of benzene rings is 2. The second-order valence-corrected chi connectivity index (χ2v) is 18.3. The molecule has 0 bridgehead atoms. The van der Waals surface area contributed by atoms with Gasteiger partial charge in [0.1, 0.15) is 23.7 Å². The van der Waals surface area contributed by atoms with Crippen molar-refractivity contribution in [3.8, 4) is 34.3 Å². The molecule has 2 heterocycles. The third-order valence-electron chi connectivity index (χ3n) is 11.3. The van der Waals surface area contributed by atoms with Crippen molar-refractivity contribution in [2.24, 2.45) is 17.3 Å². The average molecular weight is 755 g/mol. The van der Waals surface area contributed by atoms with Gasteiger partial charge in [0, 0.05) is 35.9 Å². The molecule has 1 saturated heterocycles. The Labute approximate surface area is 318 Å². The molecule has 6 rings (SSSR count). The molecule has 1 amide bonds. The molecule has 3 fully saturated rings. The Morgan fingerprint density at radius 2 is 1.83 bits per heavy atom. The number of ketones is 1. The number of methoxy groups -OCH3 is 1. The molecule has 3 aromatic rings. The number of amides is 1. The van der Waals surface area contributed by atoms with Crippen LogP contribution in [0.25, 0.3) is 22.2 Å². The van der Waals surface area contributed by atoms with Crippen LogP contribution in [0, 0.1) is 28.8 Å². The number of allylic oxidation sites excluding steroid dienone is 1. The molecule has 2 aliphatic carbocycles. The summed E-state index contributed by atoms with van der Waals surface area (Å²) in [6.07, 6.45) is 4.57. The van der Waals surface area contributed by atoms with E-state index in [1.54, 1.807) is 13.2 Å². The van der Waals surface area contributed by atoms with Gasteiger partial charge in [0.05, 0.1) is 48.4 Å². The van der Waals surface area contributed by atoms with Crippen LogP contribution in [-0.2, 0) is 23.7 Å². The zero-order valence-electron chi connectivity index (χ0n) is 31.9. The van der Waals surface area contributed by atoms with Gasteiger partial charge >= 0.3 is 5.97 Å². The van der Waals surface area contributed by atoms with E-state index in [-0.39, 0.29) is 49.5 Å². The van der Waals surface area contributed by atoms with Crippen LogP contribution in [0.2, 0.25) is 0 Å². The van der Waals surface area contributed by atoms with Crippen molar-refractivity contribution >= 4 is 35.9 Å². The molecule has 1 aromatic heterocycles. The fourth-order valence-electron chi connectivity index (χ4n) is 8.11. The molecule has 2 saturated carbocycles. The molecule has 10 nitrogen and oxygen atoms in total. The summed E-state index contributed by atoms with van der Waals surface area (Å²) in [5, 5.41) is -0.530. The Hall–Kier alpha value is -4.45. The maximum Gasteiger partial charge on any atom is 0.306 e. The molecule has 2 aromatic carbocycles. The summed E-state index contributed by atoms with van der Waals surface area (Å²) in [5.74, 6) is 1.46. The van der Waals surface area contributed by atoms with Gasteiger partial charge in [0.25, 0.3) is 7.37 Å². The van der Waals surface area contributed by atoms with Gasteiger partial charge < -0.3 is 24.0 Å². The maximum atomic E-state index is 14.7. The molecular formula is C43H51N2O8P. The molecular weight excluding hydrogens is 703 g/mol. The first-order chi connectivity index (χ1) is 25.7. The Morgan fingerprint density at radius 3 is 2.46 bits per heavy atom. The highest BCUT2D eigenvalue weighted by Gasteiger charge is 2.65. The number of carbonyl (C=O) groups excluding carboxylic acids is 3. The van der Waals surface area contributed by atoms with Crippen LogP contribution in [-0.4, -0.2) is 69.5 Å². The van der Waals surface area contributed by atoms with Crippen LogP contribution in [0.15, 0.2) is 67.3 Å². The van der Waals surface area contributed by atoms with Gasteiger partial charge in [-0.15, -0.1) is 6.58 Å². The first-order valence-electron chi connectivity index (χ1n) is 18.8. The topological polar surface area (TPSA) is 132 Å². The maximum absolute atomic E-state index is 14.7. The van der Waals surface area contributed by atoms with Crippen molar-refractivity contribution in [1.29, 1.82) is 0 Å². The molecule has 1 N–H and O–H groups in total. The molecule has 3 aliphatic rings. The number of esters is 1. The number of fused-ring (bicyclic) bond motifs is 1. The van der Waals surface area contributed by atoms with E-state index < -0.39 is 42.0 Å². The van der Waals surface area contributed by atoms with E-state index in [1.165, 1.54) is 11.8 Å². The number of rotatable bonds is 13. The first kappa shape index (κ1) is 39.2. The number of nitrogens with zero attached hydrogens (tertiary/aromatic N) is 2. The van der Waals surface area contributed by atoms with E-state index in [9.17, 15) is 23.8 Å². The van der Waals surface area contributed by atoms with Crippen molar-refractivity contribution in [2.75, 3.05) is 13.7 Å². The summed E-state index contributed by atoms with van der Waals surface area (Å²) < 4.78 is 31.6. The summed E-state index contributed by atoms with van der Waals surface area (Å²) in [6.45, 7) is 11.1. The zero-order valence-corrected chi connectivity index (χ0v) is 32.8. The molecule has 11 heteroatoms. The third kappa shape index (κ3) is 8.13. The summed E-state index contributed by atoms with van der Waals surface area (Å²) in [7, 11) is -2.49. The minimum Gasteiger partial charge on any atom is -0.497 e. The normalized spacial score (nSPS) is 24.2. The fourth-order valence-corrected chi connectivity index (χ4v) is 10.0. The Kier molecular flexibility index (Phi) is 11.4. The summed E-state index contributed by atoms with van der Waals surface area (Å²) in [6, 6.07) is 16.1. The number of pyridine rings is 1. The van der Waals surface area contributed by atoms with Gasteiger partial charge in [0.2, 0.25) is 5.91 Å². The molecule has 6 atom stereocenters. The third-order valence-corrected chi connectivity index (χ3v) is 13.7. The quantitative estimate of drug-likeness (QED) is 0.0799. The molecule has 0 radical (unpaired) electrons. The van der Waals surface area contributed by atoms with Crippen LogP contribution in [0.3, 0.4) is 0 Å². The Balaban J connectivity index is 1.35. The summed E-state index contributed by atoms with van der Waals surface area (Å²) in [4.78, 5) is 60.0. The summed E-state index contributed by atoms with van der Waals surface area (Å²) in [5.41, 5.74) is 4.06. The minimum absolute atomic E-state index is 0.0730. The van der Waals surface area contributed by atoms with E-state index in [0.29, 0.717) is 29.1 Å². The lowest BCUT2D eigenvalue weighted by molar-refractivity contribution is -0.156. The van der Waals surface area contributed by atoms with Crippen molar-refractivity contribution in [3.63, 3.8) is 0 Å². The number of carbonyl (C=O) groups is 3. The Morgan fingerprint density at radius 1 is 1.11 bits per heavy atom. The first-order valence-corrected chi connectivity index (χ1v) is 20.5. The Bertz CT molecular complexity index is 2030. The predicted molar refractivity (Wildman–Crippen MR) is 208 cm³/mol. The van der Waals surface area contributed by atoms with Crippen molar-refractivity contribution in [1.82, 2.24) is 9.88 Å². The van der Waals surface area contributed by atoms with E-state index in [2.05, 4.69) is 18.2 Å². The van der Waals surface area contributed by atoms with E-state index >= 15 is 0 Å². The number of ether oxygens (including phenoxy) is 3. The van der Waals surface area contributed by atoms with Crippen LogP contribution in [0.1, 0.15) is 79.1 Å². The average Bonchev–Trinajstić information content (AvgIpc) is 3.41. The number of hydrogen-bond donors (Lipinski definition) is 1. The van der Waals surface area contributed by atoms with Gasteiger partial charge in [0.15, 0.2) is 5.78 Å². The number of aromatic nitrogens is 1. The summed E-state index contributed by atoms with van der Waals surface area (Å²) >= 11 is 0. The van der Waals surface area contributed by atoms with E-state index in [4.69, 9.17) is 19.2 Å². The molecule has 54 heavy (non-hydrogen) atoms. The predicted octanol–water partition coefficient (Wildman–Crippen LogP) is 7.95. The lowest BCUT2D eigenvalue weighted by Crippen LogP contribution is -2.48. The second kappa shape index (κ2) is 15.7. The zero-order chi connectivity index (χ0) is 38.8. The van der Waals surface area contributed by atoms with Gasteiger partial charge in [-0.1, -0.05) is 63.1 Å². The monoisotopic (exact) mass is 754 g/mol. The van der Waals surface area contributed by atoms with Crippen LogP contribution >= 0.6 is 7.37 Å². The number of hydrogen-bond acceptors (Lipinski definition) is 8. The van der Waals surface area contributed by atoms with Crippen LogP contribution in [0.5, 0.6) is 11.5 Å². The lowest BCUT2D eigenvalue weighted by atomic mass is 9.77. The van der Waals surface area contributed by atoms with Crippen molar-refractivity contribution in [3.05, 3.63) is 67.3 Å². The van der Waals surface area contributed by atoms with Gasteiger partial charge in [-0.3, -0.25) is 18.9 Å². The van der Waals surface area contributed by atoms with Crippen molar-refractivity contribution < 1.29 is 38.1 Å². The highest BCUT2D eigenvalue weighted by atomic mass is 31.2. The standard InChI is InChI=1S/C43H51N2O8P/c1-7-20-54(49,50)43(25-29(43)8-2)26-38(46)37-22-32(27-45(37)41(48)34(42(3,4)5)23-40(47)53-30-16-12-13-17-30)52-39-24-35(28-14-10-9-11-15-28)44-36-21-31(51-6)18-19-33(36)39/h8-11,14-15,18-19,21,24,29-30,32,34,37H,2,12-13,16-17,22-23,25-27H2,1,3-6H3,(H,49,50)/t29-,32-,34-,37+,43-/m1/s1. The molecule has 286 valence electrons. The highest BCUT2D eigenvalue weighted by molar-refractivity contribution is 7.65. The van der Waals surface area contributed by atoms with Gasteiger partial charge in [-0.2, -0.15) is 0 Å². The second-order valence-electron chi connectivity index (χ2n) is 16.0. The van der Waals surface area contributed by atoms with Gasteiger partial charge in [-0.25, -0.2) is 4.98 Å².